The van der Waals surface area contributed by atoms with E-state index in [-0.39, 0.29) is 23.7 Å². The number of rotatable bonds is 1. The van der Waals surface area contributed by atoms with Gasteiger partial charge in [0.1, 0.15) is 0 Å². The fraction of sp³-hybridized carbons (Fsp3) is 0.429. The minimum absolute atomic E-state index is 0.000237. The zero-order valence-electron chi connectivity index (χ0n) is 14.6. The van der Waals surface area contributed by atoms with Crippen LogP contribution >= 0.6 is 0 Å². The Bertz CT molecular complexity index is 880. The number of imide groups is 1. The summed E-state index contributed by atoms with van der Waals surface area (Å²) in [5.41, 5.74) is 5.20. The number of hydrogen-bond donors (Lipinski definition) is 1. The first-order chi connectivity index (χ1) is 12.1. The van der Waals surface area contributed by atoms with E-state index in [1.54, 1.807) is 0 Å². The molecule has 2 amide bonds. The molecule has 1 aromatic heterocycles. The van der Waals surface area contributed by atoms with Crippen molar-refractivity contribution < 1.29 is 9.59 Å². The second-order valence-electron chi connectivity index (χ2n) is 7.87. The maximum atomic E-state index is 13.3. The van der Waals surface area contributed by atoms with Crippen LogP contribution in [0.15, 0.2) is 30.3 Å². The van der Waals surface area contributed by atoms with Gasteiger partial charge in [-0.1, -0.05) is 24.1 Å². The number of hydrogen-bond acceptors (Lipinski definition) is 2. The lowest BCUT2D eigenvalue weighted by Crippen LogP contribution is -2.33. The Morgan fingerprint density at radius 3 is 2.56 bits per heavy atom. The molecule has 128 valence electrons. The average molecular weight is 334 g/mol. The van der Waals surface area contributed by atoms with Gasteiger partial charge in [-0.15, -0.1) is 0 Å². The lowest BCUT2D eigenvalue weighted by molar-refractivity contribution is -0.123. The van der Waals surface area contributed by atoms with E-state index in [2.05, 4.69) is 11.1 Å². The third-order valence-corrected chi connectivity index (χ3v) is 6.39. The molecule has 0 bridgehead atoms. The van der Waals surface area contributed by atoms with Gasteiger partial charge in [-0.3, -0.25) is 9.59 Å². The lowest BCUT2D eigenvalue weighted by atomic mass is 9.68. The first kappa shape index (κ1) is 14.9. The van der Waals surface area contributed by atoms with E-state index in [0.29, 0.717) is 17.5 Å². The van der Waals surface area contributed by atoms with Crippen LogP contribution in [0.4, 0.5) is 5.69 Å². The van der Waals surface area contributed by atoms with Gasteiger partial charge in [0.15, 0.2) is 0 Å². The Labute approximate surface area is 147 Å². The zero-order valence-corrected chi connectivity index (χ0v) is 14.6. The molecule has 2 fully saturated rings. The highest BCUT2D eigenvalue weighted by Crippen LogP contribution is 2.57. The smallest absolute Gasteiger partial charge is 0.242 e. The Morgan fingerprint density at radius 2 is 1.80 bits per heavy atom. The van der Waals surface area contributed by atoms with E-state index >= 15 is 0 Å². The number of H-pyrrole nitrogens is 1. The second-order valence-corrected chi connectivity index (χ2v) is 7.87. The number of fused-ring (bicyclic) bond motifs is 6. The fourth-order valence-electron chi connectivity index (χ4n) is 5.37. The zero-order chi connectivity index (χ0) is 17.3. The van der Waals surface area contributed by atoms with Gasteiger partial charge in [-0.25, -0.2) is 4.90 Å². The monoisotopic (exact) mass is 334 g/mol. The van der Waals surface area contributed by atoms with Crippen LogP contribution in [0.3, 0.4) is 0 Å². The first-order valence-electron chi connectivity index (χ1n) is 9.20. The molecule has 4 heteroatoms. The highest BCUT2D eigenvalue weighted by atomic mass is 16.2. The van der Waals surface area contributed by atoms with Crippen molar-refractivity contribution in [3.8, 4) is 0 Å². The van der Waals surface area contributed by atoms with Gasteiger partial charge >= 0.3 is 0 Å². The van der Waals surface area contributed by atoms with Crippen molar-refractivity contribution >= 4 is 17.5 Å². The van der Waals surface area contributed by atoms with E-state index in [1.807, 2.05) is 38.1 Å². The second kappa shape index (κ2) is 5.07. The van der Waals surface area contributed by atoms with Crippen LogP contribution in [0.5, 0.6) is 0 Å². The van der Waals surface area contributed by atoms with Gasteiger partial charge in [-0.05, 0) is 56.4 Å². The van der Waals surface area contributed by atoms with E-state index in [0.717, 1.165) is 36.1 Å². The number of aromatic nitrogens is 1. The van der Waals surface area contributed by atoms with Crippen molar-refractivity contribution in [3.05, 3.63) is 52.8 Å². The minimum atomic E-state index is -0.312. The highest BCUT2D eigenvalue weighted by molar-refractivity contribution is 6.24. The van der Waals surface area contributed by atoms with E-state index in [4.69, 9.17) is 0 Å². The largest absolute Gasteiger partial charge is 0.362 e. The lowest BCUT2D eigenvalue weighted by Gasteiger charge is -2.33. The summed E-state index contributed by atoms with van der Waals surface area (Å²) in [4.78, 5) is 31.5. The van der Waals surface area contributed by atoms with Crippen molar-refractivity contribution in [2.24, 2.45) is 11.8 Å². The number of nitrogens with one attached hydrogen (secondary N) is 1. The SMILES string of the molecule is Cc1ccc(N2C(=O)[C@@H]3c4cc(C)[nH]c4C4CCCC4[C@@H]3C2=O)cc1. The van der Waals surface area contributed by atoms with Gasteiger partial charge < -0.3 is 4.98 Å². The molecular weight excluding hydrogens is 312 g/mol. The molecule has 3 aliphatic rings. The standard InChI is InChI=1S/C21H22N2O2/c1-11-6-8-13(9-7-11)23-20(24)17-14-4-3-5-15(14)19-16(10-12(2)22-19)18(17)21(23)25/h6-10,14-15,17-18,22H,3-5H2,1-2H3/t14?,15?,17-,18+/m0/s1. The predicted octanol–water partition coefficient (Wildman–Crippen LogP) is 3.80. The summed E-state index contributed by atoms with van der Waals surface area (Å²) in [6.45, 7) is 4.05. The van der Waals surface area contributed by atoms with Crippen molar-refractivity contribution in [2.75, 3.05) is 4.90 Å². The molecule has 2 aliphatic carbocycles. The number of benzene rings is 1. The van der Waals surface area contributed by atoms with E-state index in [9.17, 15) is 9.59 Å². The fourth-order valence-corrected chi connectivity index (χ4v) is 5.37. The Kier molecular flexibility index (Phi) is 3.03. The van der Waals surface area contributed by atoms with E-state index < -0.39 is 0 Å². The van der Waals surface area contributed by atoms with Crippen LogP contribution in [-0.4, -0.2) is 16.8 Å². The molecule has 2 unspecified atom stereocenters. The van der Waals surface area contributed by atoms with Crippen molar-refractivity contribution in [1.82, 2.24) is 4.98 Å². The third kappa shape index (κ3) is 1.94. The number of carbonyl (C=O) groups excluding carboxylic acids is 2. The molecule has 1 aromatic carbocycles. The molecule has 1 saturated carbocycles. The third-order valence-electron chi connectivity index (χ3n) is 6.39. The number of nitrogens with zero attached hydrogens (tertiary/aromatic N) is 1. The summed E-state index contributed by atoms with van der Waals surface area (Å²) in [5, 5.41) is 0. The molecule has 1 aliphatic heterocycles. The Hall–Kier alpha value is -2.36. The van der Waals surface area contributed by atoms with Crippen molar-refractivity contribution in [2.45, 2.75) is 44.9 Å². The molecule has 2 aromatic rings. The van der Waals surface area contributed by atoms with Crippen LogP contribution in [0.25, 0.3) is 0 Å². The summed E-state index contributed by atoms with van der Waals surface area (Å²) in [5.74, 6) is 0.143. The molecule has 1 saturated heterocycles. The number of anilines is 1. The van der Waals surface area contributed by atoms with Gasteiger partial charge in [0.2, 0.25) is 11.8 Å². The van der Waals surface area contributed by atoms with Crippen molar-refractivity contribution in [1.29, 1.82) is 0 Å². The molecule has 2 heterocycles. The molecule has 1 N–H and O–H groups in total. The Morgan fingerprint density at radius 1 is 1.04 bits per heavy atom. The molecule has 0 spiro atoms. The first-order valence-corrected chi connectivity index (χ1v) is 9.20. The quantitative estimate of drug-likeness (QED) is 0.807. The summed E-state index contributed by atoms with van der Waals surface area (Å²) < 4.78 is 0. The van der Waals surface area contributed by atoms with Gasteiger partial charge in [0.05, 0.1) is 17.5 Å². The molecule has 4 atom stereocenters. The molecule has 5 rings (SSSR count). The van der Waals surface area contributed by atoms with Crippen molar-refractivity contribution in [3.63, 3.8) is 0 Å². The molecular formula is C21H22N2O2. The average Bonchev–Trinajstić information content (AvgIpc) is 3.25. The predicted molar refractivity (Wildman–Crippen MR) is 95.5 cm³/mol. The van der Waals surface area contributed by atoms with Crippen LogP contribution in [0, 0.1) is 25.7 Å². The summed E-state index contributed by atoms with van der Waals surface area (Å²) >= 11 is 0. The summed E-state index contributed by atoms with van der Waals surface area (Å²) in [6.07, 6.45) is 3.30. The van der Waals surface area contributed by atoms with Crippen LogP contribution in [0.2, 0.25) is 0 Å². The molecule has 0 radical (unpaired) electrons. The van der Waals surface area contributed by atoms with Crippen LogP contribution < -0.4 is 4.90 Å². The van der Waals surface area contributed by atoms with Gasteiger partial charge in [0, 0.05) is 17.3 Å². The molecule has 25 heavy (non-hydrogen) atoms. The normalized spacial score (nSPS) is 30.4. The molecule has 4 nitrogen and oxygen atoms in total. The van der Waals surface area contributed by atoms with Gasteiger partial charge in [-0.2, -0.15) is 0 Å². The highest BCUT2D eigenvalue weighted by Gasteiger charge is 2.58. The maximum absolute atomic E-state index is 13.3. The summed E-state index contributed by atoms with van der Waals surface area (Å²) in [7, 11) is 0. The van der Waals surface area contributed by atoms with Crippen LogP contribution in [-0.2, 0) is 9.59 Å². The Balaban J connectivity index is 1.65. The van der Waals surface area contributed by atoms with E-state index in [1.165, 1.54) is 10.6 Å². The number of amides is 2. The minimum Gasteiger partial charge on any atom is -0.362 e. The topological polar surface area (TPSA) is 53.2 Å². The maximum Gasteiger partial charge on any atom is 0.242 e. The number of aryl methyl sites for hydroxylation is 2. The summed E-state index contributed by atoms with van der Waals surface area (Å²) in [6, 6.07) is 9.78. The number of carbonyl (C=O) groups is 2. The number of aromatic amines is 1. The van der Waals surface area contributed by atoms with Gasteiger partial charge in [0.25, 0.3) is 0 Å². The van der Waals surface area contributed by atoms with Crippen LogP contribution in [0.1, 0.15) is 53.6 Å².